The first-order valence-electron chi connectivity index (χ1n) is 5.25. The van der Waals surface area contributed by atoms with Crippen LogP contribution in [-0.4, -0.2) is 18.6 Å². The number of sulfone groups is 1. The summed E-state index contributed by atoms with van der Waals surface area (Å²) >= 11 is 0. The molecule has 0 heterocycles. The second-order valence-corrected chi connectivity index (χ2v) is 5.81. The molecule has 0 aromatic heterocycles. The van der Waals surface area contributed by atoms with Crippen LogP contribution in [0.4, 0.5) is 11.4 Å². The van der Waals surface area contributed by atoms with Gasteiger partial charge >= 0.3 is 0 Å². The molecule has 0 saturated carbocycles. The fraction of sp³-hybridized carbons (Fsp3) is 0. The summed E-state index contributed by atoms with van der Waals surface area (Å²) < 4.78 is 24.6. The number of phenols is 2. The lowest BCUT2D eigenvalue weighted by molar-refractivity contribution is 0.395. The number of anilines is 2. The molecule has 2 rings (SSSR count). The van der Waals surface area contributed by atoms with E-state index in [1.54, 1.807) is 18.2 Å². The molecule has 0 bridgehead atoms. The van der Waals surface area contributed by atoms with E-state index in [-0.39, 0.29) is 16.3 Å². The summed E-state index contributed by atoms with van der Waals surface area (Å²) in [5.41, 5.74) is 10.5. The van der Waals surface area contributed by atoms with Crippen molar-refractivity contribution in [2.75, 3.05) is 11.5 Å². The molecule has 19 heavy (non-hydrogen) atoms. The predicted molar refractivity (Wildman–Crippen MR) is 70.5 cm³/mol. The highest BCUT2D eigenvalue weighted by molar-refractivity contribution is 7.91. The van der Waals surface area contributed by atoms with Crippen LogP contribution in [0, 0.1) is 0 Å². The second-order valence-electron chi connectivity index (χ2n) is 3.89. The lowest BCUT2D eigenvalue weighted by atomic mass is 10.2. The Morgan fingerprint density at radius 2 is 1.53 bits per heavy atom. The van der Waals surface area contributed by atoms with Gasteiger partial charge in [-0.25, -0.2) is 8.42 Å². The molecule has 0 aliphatic heterocycles. The maximum atomic E-state index is 12.3. The first kappa shape index (κ1) is 13.0. The number of phenolic OH excluding ortho intramolecular Hbond substituents is 2. The molecule has 0 radical (unpaired) electrons. The Morgan fingerprint density at radius 3 is 2.11 bits per heavy atom. The highest BCUT2D eigenvalue weighted by atomic mass is 32.2. The van der Waals surface area contributed by atoms with Gasteiger partial charge in [-0.3, -0.25) is 0 Å². The van der Waals surface area contributed by atoms with E-state index >= 15 is 0 Å². The van der Waals surface area contributed by atoms with Crippen LogP contribution in [0.25, 0.3) is 0 Å². The van der Waals surface area contributed by atoms with Gasteiger partial charge in [0.15, 0.2) is 11.5 Å². The van der Waals surface area contributed by atoms with Crippen LogP contribution in [0.15, 0.2) is 46.2 Å². The molecule has 0 saturated heterocycles. The number of hydrogen-bond acceptors (Lipinski definition) is 6. The van der Waals surface area contributed by atoms with Crippen LogP contribution in [-0.2, 0) is 9.84 Å². The average molecular weight is 280 g/mol. The van der Waals surface area contributed by atoms with Gasteiger partial charge in [-0.2, -0.15) is 0 Å². The summed E-state index contributed by atoms with van der Waals surface area (Å²) in [7, 11) is -3.98. The lowest BCUT2D eigenvalue weighted by Gasteiger charge is -2.11. The zero-order chi connectivity index (χ0) is 14.2. The van der Waals surface area contributed by atoms with Crippen LogP contribution in [0.1, 0.15) is 0 Å². The fourth-order valence-corrected chi connectivity index (χ4v) is 3.00. The second kappa shape index (κ2) is 4.36. The van der Waals surface area contributed by atoms with Crippen molar-refractivity contribution < 1.29 is 18.6 Å². The molecule has 0 spiro atoms. The van der Waals surface area contributed by atoms with E-state index in [0.717, 1.165) is 6.07 Å². The van der Waals surface area contributed by atoms with Crippen molar-refractivity contribution in [3.05, 3.63) is 36.4 Å². The van der Waals surface area contributed by atoms with Crippen molar-refractivity contribution in [1.82, 2.24) is 0 Å². The number of rotatable bonds is 2. The monoisotopic (exact) mass is 280 g/mol. The highest BCUT2D eigenvalue weighted by Crippen LogP contribution is 2.42. The first-order valence-corrected chi connectivity index (χ1v) is 6.74. The van der Waals surface area contributed by atoms with Crippen LogP contribution in [0.5, 0.6) is 11.5 Å². The van der Waals surface area contributed by atoms with E-state index in [2.05, 4.69) is 0 Å². The summed E-state index contributed by atoms with van der Waals surface area (Å²) in [6.07, 6.45) is 0. The molecule has 0 aliphatic carbocycles. The standard InChI is InChI=1S/C12H12N2O4S/c13-8-6-9(11(15)12(16)10(8)14)19(17,18)7-4-2-1-3-5-7/h1-6,15-16H,13-14H2. The minimum atomic E-state index is -3.98. The summed E-state index contributed by atoms with van der Waals surface area (Å²) in [5.74, 6) is -1.55. The molecule has 0 amide bonds. The van der Waals surface area contributed by atoms with Gasteiger partial charge in [0.25, 0.3) is 0 Å². The summed E-state index contributed by atoms with van der Waals surface area (Å²) in [5, 5.41) is 19.3. The molecule has 0 unspecified atom stereocenters. The molecule has 7 heteroatoms. The van der Waals surface area contributed by atoms with Gasteiger partial charge in [-0.1, -0.05) is 18.2 Å². The summed E-state index contributed by atoms with van der Waals surface area (Å²) in [6.45, 7) is 0. The third kappa shape index (κ3) is 2.04. The van der Waals surface area contributed by atoms with E-state index < -0.39 is 26.2 Å². The van der Waals surface area contributed by atoms with Gasteiger partial charge in [0.2, 0.25) is 9.84 Å². The molecule has 100 valence electrons. The lowest BCUT2D eigenvalue weighted by Crippen LogP contribution is -2.05. The fourth-order valence-electron chi connectivity index (χ4n) is 1.60. The van der Waals surface area contributed by atoms with E-state index in [0.29, 0.717) is 0 Å². The molecule has 6 N–H and O–H groups in total. The van der Waals surface area contributed by atoms with E-state index in [4.69, 9.17) is 11.5 Å². The van der Waals surface area contributed by atoms with Gasteiger partial charge in [0.05, 0.1) is 10.6 Å². The Hall–Kier alpha value is -2.41. The van der Waals surface area contributed by atoms with Crippen LogP contribution in [0.3, 0.4) is 0 Å². The minimum absolute atomic E-state index is 0.0196. The number of nitrogen functional groups attached to an aromatic ring is 2. The Balaban J connectivity index is 2.73. The van der Waals surface area contributed by atoms with Crippen molar-refractivity contribution in [2.45, 2.75) is 9.79 Å². The highest BCUT2D eigenvalue weighted by Gasteiger charge is 2.25. The van der Waals surface area contributed by atoms with Crippen LogP contribution in [0.2, 0.25) is 0 Å². The Kier molecular flexibility index (Phi) is 2.99. The molecule has 2 aromatic carbocycles. The summed E-state index contributed by atoms with van der Waals surface area (Å²) in [6, 6.07) is 8.52. The molecule has 0 aliphatic rings. The topological polar surface area (TPSA) is 127 Å². The van der Waals surface area contributed by atoms with Crippen LogP contribution >= 0.6 is 0 Å². The predicted octanol–water partition coefficient (Wildman–Crippen LogP) is 1.09. The van der Waals surface area contributed by atoms with E-state index in [9.17, 15) is 18.6 Å². The Morgan fingerprint density at radius 1 is 0.947 bits per heavy atom. The number of nitrogens with two attached hydrogens (primary N) is 2. The van der Waals surface area contributed by atoms with Crippen LogP contribution < -0.4 is 11.5 Å². The molecular weight excluding hydrogens is 268 g/mol. The third-order valence-corrected chi connectivity index (χ3v) is 4.44. The van der Waals surface area contributed by atoms with Gasteiger partial charge in [0, 0.05) is 0 Å². The number of benzene rings is 2. The first-order chi connectivity index (χ1) is 8.85. The van der Waals surface area contributed by atoms with Gasteiger partial charge < -0.3 is 21.7 Å². The summed E-state index contributed by atoms with van der Waals surface area (Å²) in [4.78, 5) is -0.503. The number of aromatic hydroxyl groups is 2. The quantitative estimate of drug-likeness (QED) is 0.370. The largest absolute Gasteiger partial charge is 0.503 e. The Bertz CT molecular complexity index is 727. The molecule has 2 aromatic rings. The zero-order valence-corrected chi connectivity index (χ0v) is 10.6. The van der Waals surface area contributed by atoms with Gasteiger partial charge in [0.1, 0.15) is 10.6 Å². The van der Waals surface area contributed by atoms with Crippen molar-refractivity contribution in [2.24, 2.45) is 0 Å². The van der Waals surface area contributed by atoms with Crippen molar-refractivity contribution in [3.8, 4) is 11.5 Å². The SMILES string of the molecule is Nc1cc(S(=O)(=O)c2ccccc2)c(O)c(O)c1N. The molecule has 6 nitrogen and oxygen atoms in total. The Labute approximate surface area is 109 Å². The van der Waals surface area contributed by atoms with Gasteiger partial charge in [-0.05, 0) is 18.2 Å². The maximum Gasteiger partial charge on any atom is 0.210 e. The van der Waals surface area contributed by atoms with Gasteiger partial charge in [-0.15, -0.1) is 0 Å². The molecule has 0 fully saturated rings. The molecule has 0 atom stereocenters. The number of hydrogen-bond donors (Lipinski definition) is 4. The van der Waals surface area contributed by atoms with Crippen molar-refractivity contribution in [3.63, 3.8) is 0 Å². The van der Waals surface area contributed by atoms with E-state index in [1.165, 1.54) is 12.1 Å². The normalized spacial score (nSPS) is 11.4. The van der Waals surface area contributed by atoms with Crippen molar-refractivity contribution in [1.29, 1.82) is 0 Å². The zero-order valence-electron chi connectivity index (χ0n) is 9.74. The minimum Gasteiger partial charge on any atom is -0.503 e. The maximum absolute atomic E-state index is 12.3. The van der Waals surface area contributed by atoms with Crippen molar-refractivity contribution >= 4 is 21.2 Å². The third-order valence-electron chi connectivity index (χ3n) is 2.65. The smallest absolute Gasteiger partial charge is 0.210 e. The average Bonchev–Trinajstić information content (AvgIpc) is 2.41. The van der Waals surface area contributed by atoms with E-state index in [1.807, 2.05) is 0 Å². The molecular formula is C12H12N2O4S.